The van der Waals surface area contributed by atoms with E-state index in [9.17, 15) is 0 Å². The third-order valence-corrected chi connectivity index (χ3v) is 6.91. The standard InChI is InChI=1S/C20H23BrN4OSi/c1-27(2,3)11-10-26-14-24-19-7-5-4-6-17(19)23-20(24)15-8-9-18-16(21)12-22-25(18)13-15/h4-9,12-13H,10-11,14H2,1-3H3. The molecular formula is C20H23BrN4OSi. The van der Waals surface area contributed by atoms with Crippen molar-refractivity contribution >= 4 is 40.6 Å². The maximum Gasteiger partial charge on any atom is 0.144 e. The zero-order chi connectivity index (χ0) is 19.0. The van der Waals surface area contributed by atoms with Gasteiger partial charge in [-0.3, -0.25) is 4.57 Å². The lowest BCUT2D eigenvalue weighted by atomic mass is 10.2. The van der Waals surface area contributed by atoms with E-state index < -0.39 is 8.07 Å². The smallest absolute Gasteiger partial charge is 0.144 e. The van der Waals surface area contributed by atoms with Crippen LogP contribution in [-0.2, 0) is 11.5 Å². The van der Waals surface area contributed by atoms with E-state index in [0.29, 0.717) is 6.73 Å². The van der Waals surface area contributed by atoms with E-state index in [1.165, 1.54) is 0 Å². The molecule has 0 atom stereocenters. The number of hydrogen-bond donors (Lipinski definition) is 0. The van der Waals surface area contributed by atoms with Crippen LogP contribution in [0.1, 0.15) is 0 Å². The van der Waals surface area contributed by atoms with Crippen LogP contribution in [0, 0.1) is 0 Å². The predicted octanol–water partition coefficient (Wildman–Crippen LogP) is 5.43. The molecule has 7 heteroatoms. The Morgan fingerprint density at radius 1 is 1.07 bits per heavy atom. The van der Waals surface area contributed by atoms with E-state index in [4.69, 9.17) is 9.72 Å². The lowest BCUT2D eigenvalue weighted by Gasteiger charge is -2.16. The number of nitrogens with zero attached hydrogens (tertiary/aromatic N) is 4. The summed E-state index contributed by atoms with van der Waals surface area (Å²) < 4.78 is 11.0. The summed E-state index contributed by atoms with van der Waals surface area (Å²) in [4.78, 5) is 4.86. The number of pyridine rings is 1. The highest BCUT2D eigenvalue weighted by Crippen LogP contribution is 2.27. The second kappa shape index (κ2) is 7.22. The molecule has 0 aliphatic carbocycles. The predicted molar refractivity (Wildman–Crippen MR) is 116 cm³/mol. The average Bonchev–Trinajstić information content (AvgIpc) is 3.19. The van der Waals surface area contributed by atoms with Crippen molar-refractivity contribution in [2.24, 2.45) is 0 Å². The minimum Gasteiger partial charge on any atom is -0.361 e. The highest BCUT2D eigenvalue weighted by atomic mass is 79.9. The molecule has 0 aliphatic rings. The number of para-hydroxylation sites is 2. The molecule has 0 saturated heterocycles. The Morgan fingerprint density at radius 3 is 2.70 bits per heavy atom. The number of benzene rings is 1. The van der Waals surface area contributed by atoms with Gasteiger partial charge in [-0.1, -0.05) is 31.8 Å². The maximum atomic E-state index is 6.04. The summed E-state index contributed by atoms with van der Waals surface area (Å²) in [5, 5.41) is 4.40. The Kier molecular flexibility index (Phi) is 4.92. The summed E-state index contributed by atoms with van der Waals surface area (Å²) in [6.45, 7) is 8.39. The molecule has 0 amide bonds. The summed E-state index contributed by atoms with van der Waals surface area (Å²) in [5.74, 6) is 0.901. The van der Waals surface area contributed by atoms with E-state index in [1.54, 1.807) is 0 Å². The van der Waals surface area contributed by atoms with Crippen LogP contribution in [0.25, 0.3) is 27.9 Å². The van der Waals surface area contributed by atoms with Gasteiger partial charge in [0.1, 0.15) is 12.6 Å². The molecule has 0 unspecified atom stereocenters. The highest BCUT2D eigenvalue weighted by molar-refractivity contribution is 9.10. The minimum atomic E-state index is -1.10. The fraction of sp³-hybridized carbons (Fsp3) is 0.300. The summed E-state index contributed by atoms with van der Waals surface area (Å²) in [7, 11) is -1.10. The van der Waals surface area contributed by atoms with Crippen LogP contribution in [0.4, 0.5) is 0 Å². The second-order valence-corrected chi connectivity index (χ2v) is 14.4. The average molecular weight is 443 g/mol. The van der Waals surface area contributed by atoms with E-state index in [0.717, 1.165) is 45.1 Å². The molecule has 0 fully saturated rings. The second-order valence-electron chi connectivity index (χ2n) is 7.94. The molecule has 4 rings (SSSR count). The Balaban J connectivity index is 1.70. The van der Waals surface area contributed by atoms with Gasteiger partial charge < -0.3 is 4.74 Å². The SMILES string of the molecule is C[Si](C)(C)CCOCn1c(-c2ccc3c(Br)cnn3c2)nc2ccccc21. The monoisotopic (exact) mass is 442 g/mol. The van der Waals surface area contributed by atoms with Crippen LogP contribution >= 0.6 is 15.9 Å². The van der Waals surface area contributed by atoms with Crippen molar-refractivity contribution < 1.29 is 4.74 Å². The molecule has 27 heavy (non-hydrogen) atoms. The summed E-state index contributed by atoms with van der Waals surface area (Å²) in [6, 6.07) is 13.5. The van der Waals surface area contributed by atoms with E-state index >= 15 is 0 Å². The number of aromatic nitrogens is 4. The van der Waals surface area contributed by atoms with Gasteiger partial charge in [0.05, 0.1) is 27.2 Å². The van der Waals surface area contributed by atoms with Crippen molar-refractivity contribution in [2.75, 3.05) is 6.61 Å². The summed E-state index contributed by atoms with van der Waals surface area (Å²) in [5.41, 5.74) is 4.11. The van der Waals surface area contributed by atoms with Gasteiger partial charge in [0.15, 0.2) is 0 Å². The molecule has 3 heterocycles. The molecule has 0 saturated carbocycles. The molecule has 0 spiro atoms. The molecular weight excluding hydrogens is 420 g/mol. The van der Waals surface area contributed by atoms with E-state index in [-0.39, 0.29) is 0 Å². The molecule has 4 aromatic rings. The van der Waals surface area contributed by atoms with Crippen molar-refractivity contribution in [3.63, 3.8) is 0 Å². The van der Waals surface area contributed by atoms with Crippen molar-refractivity contribution in [3.05, 3.63) is 53.3 Å². The fourth-order valence-corrected chi connectivity index (χ4v) is 4.21. The third-order valence-electron chi connectivity index (χ3n) is 4.60. The van der Waals surface area contributed by atoms with Gasteiger partial charge in [-0.2, -0.15) is 5.10 Å². The lowest BCUT2D eigenvalue weighted by Crippen LogP contribution is -2.22. The number of rotatable bonds is 6. The number of hydrogen-bond acceptors (Lipinski definition) is 3. The van der Waals surface area contributed by atoms with Crippen molar-refractivity contribution in [1.29, 1.82) is 0 Å². The minimum absolute atomic E-state index is 0.501. The van der Waals surface area contributed by atoms with Crippen LogP contribution in [0.2, 0.25) is 25.7 Å². The molecule has 3 aromatic heterocycles. The van der Waals surface area contributed by atoms with Crippen LogP contribution in [0.5, 0.6) is 0 Å². The number of ether oxygens (including phenoxy) is 1. The first-order valence-electron chi connectivity index (χ1n) is 9.09. The Labute approximate surface area is 168 Å². The lowest BCUT2D eigenvalue weighted by molar-refractivity contribution is 0.0909. The van der Waals surface area contributed by atoms with Crippen molar-refractivity contribution in [3.8, 4) is 11.4 Å². The van der Waals surface area contributed by atoms with Gasteiger partial charge in [-0.15, -0.1) is 0 Å². The zero-order valence-electron chi connectivity index (χ0n) is 15.8. The van der Waals surface area contributed by atoms with E-state index in [2.05, 4.69) is 63.4 Å². The van der Waals surface area contributed by atoms with Gasteiger partial charge >= 0.3 is 0 Å². The largest absolute Gasteiger partial charge is 0.361 e. The van der Waals surface area contributed by atoms with Gasteiger partial charge in [0.2, 0.25) is 0 Å². The van der Waals surface area contributed by atoms with Crippen molar-refractivity contribution in [1.82, 2.24) is 19.2 Å². The molecule has 140 valence electrons. The van der Waals surface area contributed by atoms with Gasteiger partial charge in [-0.25, -0.2) is 9.50 Å². The summed E-state index contributed by atoms with van der Waals surface area (Å²) >= 11 is 3.53. The third kappa shape index (κ3) is 3.85. The molecule has 0 bridgehead atoms. The number of imidazole rings is 1. The molecule has 5 nitrogen and oxygen atoms in total. The first-order chi connectivity index (χ1) is 12.9. The molecule has 0 N–H and O–H groups in total. The topological polar surface area (TPSA) is 44.4 Å². The van der Waals surface area contributed by atoms with Crippen LogP contribution < -0.4 is 0 Å². The zero-order valence-corrected chi connectivity index (χ0v) is 18.4. The summed E-state index contributed by atoms with van der Waals surface area (Å²) in [6.07, 6.45) is 3.82. The molecule has 0 aliphatic heterocycles. The molecule has 0 radical (unpaired) electrons. The Morgan fingerprint density at radius 2 is 1.89 bits per heavy atom. The van der Waals surface area contributed by atoms with Crippen LogP contribution in [-0.4, -0.2) is 33.8 Å². The normalized spacial score (nSPS) is 12.3. The van der Waals surface area contributed by atoms with Gasteiger partial charge in [0, 0.05) is 26.4 Å². The maximum absolute atomic E-state index is 6.04. The Bertz CT molecular complexity index is 1100. The Hall–Kier alpha value is -1.96. The quantitative estimate of drug-likeness (QED) is 0.295. The van der Waals surface area contributed by atoms with Gasteiger partial charge in [-0.05, 0) is 46.2 Å². The number of fused-ring (bicyclic) bond motifs is 2. The highest BCUT2D eigenvalue weighted by Gasteiger charge is 2.15. The van der Waals surface area contributed by atoms with Crippen LogP contribution in [0.3, 0.4) is 0 Å². The first-order valence-corrected chi connectivity index (χ1v) is 13.6. The first kappa shape index (κ1) is 18.4. The van der Waals surface area contributed by atoms with Crippen molar-refractivity contribution in [2.45, 2.75) is 32.4 Å². The molecule has 1 aromatic carbocycles. The number of halogens is 1. The van der Waals surface area contributed by atoms with Gasteiger partial charge in [0.25, 0.3) is 0 Å². The van der Waals surface area contributed by atoms with E-state index in [1.807, 2.05) is 35.1 Å². The van der Waals surface area contributed by atoms with Crippen LogP contribution in [0.15, 0.2) is 53.3 Å². The fourth-order valence-electron chi connectivity index (χ4n) is 3.05.